The molecular weight excluding hydrogens is 447 g/mol. The van der Waals surface area contributed by atoms with Gasteiger partial charge in [0, 0.05) is 0 Å². The third kappa shape index (κ3) is 3.87. The molecule has 0 amide bonds. The molecule has 2 aliphatic carbocycles. The zero-order valence-electron chi connectivity index (χ0n) is 11.1. The Labute approximate surface area is 95.8 Å². The van der Waals surface area contributed by atoms with Crippen LogP contribution in [0.15, 0.2) is 0 Å². The van der Waals surface area contributed by atoms with Gasteiger partial charge in [0.15, 0.2) is 0 Å². The predicted octanol–water partition coefficient (Wildman–Crippen LogP) is 4.99. The van der Waals surface area contributed by atoms with Crippen LogP contribution in [0.4, 0.5) is 0 Å². The molecule has 0 heterocycles. The quantitative estimate of drug-likeness (QED) is 0.506. The average Bonchev–Trinajstić information content (AvgIpc) is 2.30. The first-order valence-electron chi connectivity index (χ1n) is 7.16. The fourth-order valence-electron chi connectivity index (χ4n) is 3.37. The van der Waals surface area contributed by atoms with Crippen LogP contribution in [0.2, 0.25) is 0 Å². The van der Waals surface area contributed by atoms with Gasteiger partial charge in [-0.05, 0) is 17.8 Å². The second-order valence-corrected chi connectivity index (χ2v) is 6.01. The van der Waals surface area contributed by atoms with Crippen LogP contribution in [0.25, 0.3) is 0 Å². The minimum atomic E-state index is 0. The van der Waals surface area contributed by atoms with Gasteiger partial charge in [-0.15, -0.1) is 0 Å². The van der Waals surface area contributed by atoms with E-state index in [1.807, 2.05) is 0 Å². The molecule has 0 N–H and O–H groups in total. The van der Waals surface area contributed by atoms with Crippen LogP contribution in [0.5, 0.6) is 0 Å². The minimum Gasteiger partial charge on any atom is -0.328 e. The number of rotatable bonds is 3. The van der Waals surface area contributed by atoms with E-state index in [4.69, 9.17) is 0 Å². The molecule has 16 heavy (non-hydrogen) atoms. The zero-order valence-corrected chi connectivity index (χ0v) is 17.5. The topological polar surface area (TPSA) is 0 Å². The molecule has 0 atom stereocenters. The molecule has 2 saturated carbocycles. The average molecular weight is 474 g/mol. The molecular formula is C15H27Rf-. The van der Waals surface area contributed by atoms with E-state index in [1.54, 1.807) is 0 Å². The summed E-state index contributed by atoms with van der Waals surface area (Å²) in [6.45, 7) is 2.42. The van der Waals surface area contributed by atoms with Crippen molar-refractivity contribution >= 4 is 0 Å². The molecule has 0 radical (unpaired) electrons. The summed E-state index contributed by atoms with van der Waals surface area (Å²) in [4.78, 5) is 0. The summed E-state index contributed by atoms with van der Waals surface area (Å²) in [6.07, 6.45) is 17.4. The van der Waals surface area contributed by atoms with E-state index in [1.165, 1.54) is 64.2 Å². The fourth-order valence-corrected chi connectivity index (χ4v) is 3.37. The van der Waals surface area contributed by atoms with Crippen LogP contribution in [0, 0.1) is 24.2 Å². The SMILES string of the molecule is CC1CCC(CCC2CC[CH-]CC2)CC1.[Rf]. The Morgan fingerprint density at radius 2 is 1.31 bits per heavy atom. The summed E-state index contributed by atoms with van der Waals surface area (Å²) in [5.41, 5.74) is 0. The first-order valence-corrected chi connectivity index (χ1v) is 7.16. The van der Waals surface area contributed by atoms with Gasteiger partial charge in [0.25, 0.3) is 0 Å². The van der Waals surface area contributed by atoms with Gasteiger partial charge >= 0.3 is 0 Å². The number of hydrogen-bond donors (Lipinski definition) is 0. The fraction of sp³-hybridized carbons (Fsp3) is 0.933. The molecule has 2 rings (SSSR count). The van der Waals surface area contributed by atoms with Crippen LogP contribution >= 0.6 is 0 Å². The summed E-state index contributed by atoms with van der Waals surface area (Å²) < 4.78 is 0. The summed E-state index contributed by atoms with van der Waals surface area (Å²) in [7, 11) is 0. The summed E-state index contributed by atoms with van der Waals surface area (Å²) >= 11 is 0. The predicted molar refractivity (Wildman–Crippen MR) is 66.6 cm³/mol. The van der Waals surface area contributed by atoms with E-state index in [0.717, 1.165) is 17.8 Å². The standard InChI is InChI=1S/C15H27.Rf/c1-13-7-9-15(10-8-13)12-11-14-5-3-2-4-6-14;/h2,13-15H,3-12H2,1H3;/q-1;. The molecule has 1 heteroatoms. The van der Waals surface area contributed by atoms with Gasteiger partial charge in [-0.1, -0.05) is 58.3 Å². The smallest absolute Gasteiger partial charge is 0 e. The third-order valence-electron chi connectivity index (χ3n) is 4.68. The van der Waals surface area contributed by atoms with Gasteiger partial charge in [0.05, 0.1) is 0 Å². The van der Waals surface area contributed by atoms with Crippen molar-refractivity contribution in [1.82, 2.24) is 0 Å². The molecule has 2 fully saturated rings. The Kier molecular flexibility index (Phi) is 5.35. The Hall–Kier alpha value is -1.00. The first-order chi connectivity index (χ1) is 7.34. The van der Waals surface area contributed by atoms with Crippen molar-refractivity contribution in [3.05, 3.63) is 6.42 Å². The molecule has 0 aromatic heterocycles. The Morgan fingerprint density at radius 3 is 1.88 bits per heavy atom. The minimum absolute atomic E-state index is 0. The largest absolute Gasteiger partial charge is 0.328 e. The van der Waals surface area contributed by atoms with Crippen LogP contribution in [0.3, 0.4) is 0 Å². The van der Waals surface area contributed by atoms with Gasteiger partial charge in [-0.2, -0.15) is 12.8 Å². The van der Waals surface area contributed by atoms with E-state index < -0.39 is 0 Å². The van der Waals surface area contributed by atoms with E-state index >= 15 is 0 Å². The van der Waals surface area contributed by atoms with Crippen LogP contribution in [-0.2, 0) is 0 Å². The van der Waals surface area contributed by atoms with Crippen molar-refractivity contribution in [3.8, 4) is 0 Å². The number of hydrogen-bond acceptors (Lipinski definition) is 0. The maximum atomic E-state index is 2.48. The monoisotopic (exact) mass is 474 g/mol. The molecule has 0 bridgehead atoms. The van der Waals surface area contributed by atoms with Gasteiger partial charge in [0.2, 0.25) is 0 Å². The Morgan fingerprint density at radius 1 is 0.812 bits per heavy atom. The van der Waals surface area contributed by atoms with E-state index in [-0.39, 0.29) is 0 Å². The van der Waals surface area contributed by atoms with Crippen molar-refractivity contribution in [2.75, 3.05) is 0 Å². The van der Waals surface area contributed by atoms with E-state index in [2.05, 4.69) is 13.3 Å². The molecule has 90 valence electrons. The molecule has 0 saturated heterocycles. The molecule has 0 aromatic rings. The molecule has 0 aliphatic heterocycles. The van der Waals surface area contributed by atoms with Crippen molar-refractivity contribution in [3.63, 3.8) is 0 Å². The summed E-state index contributed by atoms with van der Waals surface area (Å²) in [6, 6.07) is 0. The van der Waals surface area contributed by atoms with Crippen LogP contribution < -0.4 is 0 Å². The van der Waals surface area contributed by atoms with Crippen LogP contribution in [0.1, 0.15) is 71.1 Å². The molecule has 0 aromatic carbocycles. The third-order valence-corrected chi connectivity index (χ3v) is 4.68. The van der Waals surface area contributed by atoms with Gasteiger partial charge in [-0.3, -0.25) is 0 Å². The second kappa shape index (κ2) is 6.55. The summed E-state index contributed by atoms with van der Waals surface area (Å²) in [5, 5.41) is 0. The molecule has 0 spiro atoms. The van der Waals surface area contributed by atoms with E-state index in [9.17, 15) is 0 Å². The van der Waals surface area contributed by atoms with Gasteiger partial charge in [-0.25, -0.2) is 0 Å². The molecule has 0 unspecified atom stereocenters. The van der Waals surface area contributed by atoms with Crippen molar-refractivity contribution in [1.29, 1.82) is 0 Å². The Balaban J connectivity index is 0.00000128. The van der Waals surface area contributed by atoms with Gasteiger partial charge < -0.3 is 6.42 Å². The van der Waals surface area contributed by atoms with E-state index in [0.29, 0.717) is 0 Å². The second-order valence-electron chi connectivity index (χ2n) is 6.01. The molecule has 2 aliphatic rings. The maximum Gasteiger partial charge on any atom is 0 e. The summed E-state index contributed by atoms with van der Waals surface area (Å²) in [5.74, 6) is 3.19. The zero-order chi connectivity index (χ0) is 10.5. The van der Waals surface area contributed by atoms with Gasteiger partial charge in [0.1, 0.15) is 0 Å². The van der Waals surface area contributed by atoms with Crippen molar-refractivity contribution in [2.24, 2.45) is 17.8 Å². The normalized spacial score (nSPS) is 32.1. The first kappa shape index (κ1) is 13.1. The maximum absolute atomic E-state index is 2.48. The molecule has 0 nitrogen and oxygen atoms in total. The van der Waals surface area contributed by atoms with Crippen molar-refractivity contribution in [2.45, 2.75) is 71.1 Å². The Bertz CT molecular complexity index is 164. The van der Waals surface area contributed by atoms with Crippen molar-refractivity contribution < 1.29 is 0 Å². The van der Waals surface area contributed by atoms with Crippen LogP contribution in [-0.4, -0.2) is 0 Å².